The van der Waals surface area contributed by atoms with Crippen molar-refractivity contribution in [3.63, 3.8) is 0 Å². The van der Waals surface area contributed by atoms with Crippen LogP contribution in [0, 0.1) is 11.3 Å². The van der Waals surface area contributed by atoms with Crippen molar-refractivity contribution < 1.29 is 49.1 Å². The van der Waals surface area contributed by atoms with E-state index >= 15 is 0 Å². The minimum atomic E-state index is -6.07. The van der Waals surface area contributed by atoms with Crippen molar-refractivity contribution in [2.75, 3.05) is 75.4 Å². The fourth-order valence-electron chi connectivity index (χ4n) is 9.74. The molecule has 2 aliphatic heterocycles. The van der Waals surface area contributed by atoms with Crippen molar-refractivity contribution in [3.8, 4) is 11.5 Å². The van der Waals surface area contributed by atoms with Crippen LogP contribution in [0.15, 0.2) is 105 Å². The van der Waals surface area contributed by atoms with Crippen LogP contribution >= 0.6 is 11.6 Å². The second-order valence-corrected chi connectivity index (χ2v) is 27.1. The molecule has 3 aromatic carbocycles. The van der Waals surface area contributed by atoms with Gasteiger partial charge in [-0.25, -0.2) is 31.3 Å². The van der Waals surface area contributed by atoms with Gasteiger partial charge in [-0.1, -0.05) is 62.0 Å². The van der Waals surface area contributed by atoms with E-state index in [2.05, 4.69) is 56.0 Å². The molecule has 0 spiro atoms. The maximum Gasteiger partial charge on any atom is 0.501 e. The van der Waals surface area contributed by atoms with Crippen LogP contribution in [0.4, 0.5) is 23.7 Å². The van der Waals surface area contributed by atoms with E-state index in [-0.39, 0.29) is 41.1 Å². The Hall–Kier alpha value is -5.45. The van der Waals surface area contributed by atoms with Crippen LogP contribution < -0.4 is 14.4 Å². The Kier molecular flexibility index (Phi) is 16.3. The number of alkyl halides is 3. The summed E-state index contributed by atoms with van der Waals surface area (Å²) in [6.07, 6.45) is 5.36. The van der Waals surface area contributed by atoms with Crippen molar-refractivity contribution in [2.24, 2.45) is 15.7 Å². The van der Waals surface area contributed by atoms with Gasteiger partial charge in [0.15, 0.2) is 0 Å². The smallest absolute Gasteiger partial charge is 0.455 e. The van der Waals surface area contributed by atoms with E-state index in [1.54, 1.807) is 44.3 Å². The normalized spacial score (nSPS) is 18.2. The first-order valence-corrected chi connectivity index (χ1v) is 29.8. The quantitative estimate of drug-likeness (QED) is 0.0949. The molecule has 2 fully saturated rings. The Morgan fingerprint density at radius 2 is 1.68 bits per heavy atom. The summed E-state index contributed by atoms with van der Waals surface area (Å²) < 4.78 is 114. The van der Waals surface area contributed by atoms with Gasteiger partial charge in [0.25, 0.3) is 25.8 Å². The number of carbonyl (C=O) groups excluding carboxylic acids is 2. The molecule has 0 bridgehead atoms. The number of ether oxygens (including phenoxy) is 2. The molecule has 0 unspecified atom stereocenters. The van der Waals surface area contributed by atoms with Crippen LogP contribution in [0.3, 0.4) is 0 Å². The maximum absolute atomic E-state index is 14.3. The number of piperazine rings is 1. The average molecular weight is 1100 g/mol. The van der Waals surface area contributed by atoms with Gasteiger partial charge in [0.2, 0.25) is 0 Å². The molecule has 2 aromatic heterocycles. The van der Waals surface area contributed by atoms with Crippen LogP contribution in [0.25, 0.3) is 16.6 Å². The Bertz CT molecular complexity index is 3300. The van der Waals surface area contributed by atoms with Gasteiger partial charge in [0.1, 0.15) is 17.1 Å². The Morgan fingerprint density at radius 3 is 2.36 bits per heavy atom. The number of hydrogen-bond acceptors (Lipinski definition) is 12. The van der Waals surface area contributed by atoms with Gasteiger partial charge in [0, 0.05) is 92.2 Å². The van der Waals surface area contributed by atoms with Gasteiger partial charge in [-0.15, -0.1) is 9.41 Å². The van der Waals surface area contributed by atoms with Crippen LogP contribution in [-0.4, -0.2) is 130 Å². The number of anilines is 1. The van der Waals surface area contributed by atoms with Crippen LogP contribution in [0.5, 0.6) is 11.5 Å². The molecule has 74 heavy (non-hydrogen) atoms. The van der Waals surface area contributed by atoms with E-state index in [4.69, 9.17) is 21.1 Å². The summed E-state index contributed by atoms with van der Waals surface area (Å²) in [5.41, 5.74) is -0.814. The minimum Gasteiger partial charge on any atom is -0.455 e. The van der Waals surface area contributed by atoms with Crippen LogP contribution in [-0.2, 0) is 40.4 Å². The predicted octanol–water partition coefficient (Wildman–Crippen LogP) is 9.63. The third kappa shape index (κ3) is 13.0. The molecular weight excluding hydrogens is 1040 g/mol. The number of sulfonamides is 1. The zero-order valence-corrected chi connectivity index (χ0v) is 44.9. The van der Waals surface area contributed by atoms with E-state index in [1.165, 1.54) is 29.0 Å². The predicted molar refractivity (Wildman–Crippen MR) is 285 cm³/mol. The van der Waals surface area contributed by atoms with Crippen LogP contribution in [0.1, 0.15) is 68.4 Å². The number of halogens is 4. The van der Waals surface area contributed by atoms with Crippen molar-refractivity contribution in [1.82, 2.24) is 24.5 Å². The van der Waals surface area contributed by atoms with Gasteiger partial charge < -0.3 is 24.3 Å². The van der Waals surface area contributed by atoms with Crippen molar-refractivity contribution >= 4 is 81.0 Å². The summed E-state index contributed by atoms with van der Waals surface area (Å²) in [6.45, 7) is 13.1. The first-order valence-electron chi connectivity index (χ1n) is 24.4. The second kappa shape index (κ2) is 22.0. The Morgan fingerprint density at radius 1 is 0.959 bits per heavy atom. The lowest BCUT2D eigenvalue weighted by molar-refractivity contribution is -0.0436. The van der Waals surface area contributed by atoms with Crippen molar-refractivity contribution in [3.05, 3.63) is 112 Å². The molecule has 1 atom stereocenters. The Labute approximate surface area is 436 Å². The van der Waals surface area contributed by atoms with Crippen molar-refractivity contribution in [1.29, 1.82) is 0 Å². The highest BCUT2D eigenvalue weighted by molar-refractivity contribution is 8.02. The number of pyridine rings is 1. The lowest BCUT2D eigenvalue weighted by Crippen LogP contribution is -2.47. The second-order valence-electron chi connectivity index (χ2n) is 20.0. The molecule has 22 heteroatoms. The zero-order valence-electron chi connectivity index (χ0n) is 41.7. The number of nitrogens with one attached hydrogen (secondary N) is 2. The largest absolute Gasteiger partial charge is 0.501 e. The van der Waals surface area contributed by atoms with Gasteiger partial charge in [-0.2, -0.15) is 17.5 Å². The summed E-state index contributed by atoms with van der Waals surface area (Å²) in [4.78, 5) is 38.0. The van der Waals surface area contributed by atoms with Gasteiger partial charge in [-0.3, -0.25) is 9.69 Å². The topological polar surface area (TPSA) is 184 Å². The fraction of sp³-hybridized carbons (Fsp3) is 0.423. The lowest BCUT2D eigenvalue weighted by atomic mass is 9.72. The van der Waals surface area contributed by atoms with Crippen molar-refractivity contribution in [2.45, 2.75) is 68.7 Å². The number of benzene rings is 3. The number of carbonyl (C=O) groups is 2. The molecule has 2 saturated heterocycles. The monoisotopic (exact) mass is 1100 g/mol. The highest BCUT2D eigenvalue weighted by atomic mass is 35.5. The van der Waals surface area contributed by atoms with E-state index in [0.717, 1.165) is 51.0 Å². The summed E-state index contributed by atoms with van der Waals surface area (Å²) in [6, 6.07) is 18.7. The molecule has 3 aliphatic rings. The highest BCUT2D eigenvalue weighted by Crippen LogP contribution is 2.44. The number of H-pyrrole nitrogens is 1. The van der Waals surface area contributed by atoms with E-state index < -0.39 is 62.5 Å². The van der Waals surface area contributed by atoms with E-state index in [9.17, 15) is 39.6 Å². The van der Waals surface area contributed by atoms with Gasteiger partial charge in [0.05, 0.1) is 28.2 Å². The Balaban J connectivity index is 1.01. The molecule has 398 valence electrons. The first-order chi connectivity index (χ1) is 34.9. The first kappa shape index (κ1) is 54.8. The summed E-state index contributed by atoms with van der Waals surface area (Å²) >= 11 is 6.24. The third-order valence-electron chi connectivity index (χ3n) is 13.8. The molecule has 15 nitrogen and oxygen atoms in total. The molecule has 0 saturated carbocycles. The van der Waals surface area contributed by atoms with E-state index in [1.807, 2.05) is 21.8 Å². The van der Waals surface area contributed by atoms with Crippen LogP contribution in [0.2, 0.25) is 5.02 Å². The number of amides is 2. The number of rotatable bonds is 15. The molecule has 2 N–H and O–H groups in total. The number of aromatic nitrogens is 2. The summed E-state index contributed by atoms with van der Waals surface area (Å²) in [7, 11) is -12.9. The maximum atomic E-state index is 14.3. The number of allylic oxidation sites excluding steroid dienone is 1. The number of sulfone groups is 1. The third-order valence-corrected chi connectivity index (χ3v) is 19.3. The van der Waals surface area contributed by atoms with Gasteiger partial charge >= 0.3 is 11.6 Å². The fourth-order valence-corrected chi connectivity index (χ4v) is 13.9. The minimum absolute atomic E-state index is 0.0223. The SMILES string of the molecule is C=S1(=NC(=O)OCC)CCN(C[C@H](C)Cc2ccc(S(=O)(=O)NC(=O)c3ccc(N4CCN(CC5=C(c6ccc(Cl)cc6)CC(C)(C)CC5)CC4)cc3Oc3cnc4[nH]ccc4c3)cc2S(=O)(=O)C(F)(F)F)CC1. The average Bonchev–Trinajstić information content (AvgIpc) is 3.81. The molecule has 5 aromatic rings. The van der Waals surface area contributed by atoms with E-state index in [0.29, 0.717) is 72.0 Å². The molecule has 1 aliphatic carbocycles. The highest BCUT2D eigenvalue weighted by Gasteiger charge is 2.48. The molecular formula is C52H61ClF3N7O8S3. The standard InChI is InChI=1S/C52H61ClF3N7O8S3/c1-6-70-50(65)60-72(5)25-23-62(24-26-72)33-35(2)27-37-9-13-43(30-47(37)73(66,67)52(54,55)56)74(68,69)59-49(64)44-14-12-41(29-46(44)71-42-28-38-16-18-57-48(38)58-32-42)63-21-19-61(20-22-63)34-39-15-17-51(3,4)31-45(39)36-7-10-40(53)11-8-36/h7-14,16,18,28-30,32,35H,5-6,15,17,19-27,31,33-34H2,1-4H3,(H,57,58)(H,59,64)/t35-/m1/s1. The number of aromatic amines is 1. The lowest BCUT2D eigenvalue weighted by Gasteiger charge is -2.39. The summed E-state index contributed by atoms with van der Waals surface area (Å²) in [5.74, 6) is 3.80. The zero-order chi connectivity index (χ0) is 53.2. The number of hydrogen-bond donors (Lipinski definition) is 2. The molecule has 0 radical (unpaired) electrons. The molecule has 8 rings (SSSR count). The summed E-state index contributed by atoms with van der Waals surface area (Å²) in [5, 5.41) is 1.40. The number of fused-ring (bicyclic) bond motifs is 1. The number of nitrogens with zero attached hydrogens (tertiary/aromatic N) is 5. The molecule has 4 heterocycles. The van der Waals surface area contributed by atoms with Gasteiger partial charge in [-0.05, 0) is 109 Å². The molecule has 2 amide bonds.